The number of amides is 3. The molecule has 1 unspecified atom stereocenters. The Morgan fingerprint density at radius 1 is 1.16 bits per heavy atom. The van der Waals surface area contributed by atoms with Crippen LogP contribution in [-0.4, -0.2) is 77.3 Å². The predicted octanol–water partition coefficient (Wildman–Crippen LogP) is 2.38. The fourth-order valence-electron chi connectivity index (χ4n) is 4.12. The van der Waals surface area contributed by atoms with Crippen LogP contribution in [-0.2, 0) is 22.4 Å². The third-order valence-corrected chi connectivity index (χ3v) is 6.61. The minimum Gasteiger partial charge on any atom is -0.364 e. The minimum atomic E-state index is -0.639. The normalized spacial score (nSPS) is 14.1. The van der Waals surface area contributed by atoms with Crippen molar-refractivity contribution in [3.05, 3.63) is 59.1 Å². The molecular weight excluding hydrogens is 482 g/mol. The van der Waals surface area contributed by atoms with E-state index in [0.717, 1.165) is 42.3 Å². The van der Waals surface area contributed by atoms with Gasteiger partial charge in [-0.15, -0.1) is 0 Å². The molecule has 0 aliphatic carbocycles. The zero-order valence-corrected chi connectivity index (χ0v) is 22.8. The lowest BCUT2D eigenvalue weighted by atomic mass is 10.0. The number of nitrogens with two attached hydrogens (primary N) is 1. The molecule has 0 bridgehead atoms. The summed E-state index contributed by atoms with van der Waals surface area (Å²) in [4.78, 5) is 49.4. The van der Waals surface area contributed by atoms with Gasteiger partial charge in [0.2, 0.25) is 11.8 Å². The Kier molecular flexibility index (Phi) is 10.3. The van der Waals surface area contributed by atoms with Crippen LogP contribution in [0.25, 0.3) is 0 Å². The molecule has 0 spiro atoms. The molecule has 10 heteroatoms. The fraction of sp³-hybridized carbons (Fsp3) is 0.464. The lowest BCUT2D eigenvalue weighted by molar-refractivity contribution is -0.131. The monoisotopic (exact) mass is 521 g/mol. The first-order valence-electron chi connectivity index (χ1n) is 13.2. The summed E-state index contributed by atoms with van der Waals surface area (Å²) in [5, 5.41) is 6.11. The van der Waals surface area contributed by atoms with Crippen molar-refractivity contribution in [3.8, 4) is 0 Å². The number of likely N-dealkylation sites (N-methyl/N-ethyl adjacent to an activating group) is 1. The van der Waals surface area contributed by atoms with Gasteiger partial charge in [0.1, 0.15) is 0 Å². The van der Waals surface area contributed by atoms with Crippen LogP contribution in [0.15, 0.2) is 36.4 Å². The van der Waals surface area contributed by atoms with Crippen molar-refractivity contribution < 1.29 is 14.4 Å². The van der Waals surface area contributed by atoms with Gasteiger partial charge in [-0.25, -0.2) is 9.97 Å². The van der Waals surface area contributed by atoms with Gasteiger partial charge in [0.25, 0.3) is 5.91 Å². The standard InChI is InChI=1S/C28H39N7O3/c1-5-22-23(6-2)33-28(26(32-22)27(29)38)31-21-11-7-10-20(16-21)19(3)17-30-24(36)18-34(4)25(37)12-8-13-35-14-9-15-35/h7-8,10-12,16,19H,5-6,9,13-15,17-18H2,1-4H3,(H2,29,38)(H,30,36)(H,31,33). The first kappa shape index (κ1) is 28.8. The number of benzene rings is 1. The summed E-state index contributed by atoms with van der Waals surface area (Å²) in [6, 6.07) is 7.68. The molecular formula is C28H39N7O3. The molecule has 3 rings (SSSR count). The molecule has 0 radical (unpaired) electrons. The average Bonchev–Trinajstić information content (AvgIpc) is 2.88. The van der Waals surface area contributed by atoms with Crippen LogP contribution in [0.1, 0.15) is 60.5 Å². The van der Waals surface area contributed by atoms with E-state index in [2.05, 4.69) is 25.5 Å². The number of primary amides is 1. The summed E-state index contributed by atoms with van der Waals surface area (Å²) in [5.74, 6) is -0.712. The molecule has 10 nitrogen and oxygen atoms in total. The van der Waals surface area contributed by atoms with Gasteiger partial charge in [0, 0.05) is 31.9 Å². The van der Waals surface area contributed by atoms with Crippen molar-refractivity contribution in [1.82, 2.24) is 25.1 Å². The van der Waals surface area contributed by atoms with Gasteiger partial charge in [0.05, 0.1) is 17.9 Å². The number of aryl methyl sites for hydroxylation is 2. The summed E-state index contributed by atoms with van der Waals surface area (Å²) in [5.41, 5.74) is 8.99. The van der Waals surface area contributed by atoms with Crippen molar-refractivity contribution in [2.45, 2.75) is 46.0 Å². The molecule has 2 aromatic rings. The second kappa shape index (κ2) is 13.7. The van der Waals surface area contributed by atoms with Crippen molar-refractivity contribution in [3.63, 3.8) is 0 Å². The van der Waals surface area contributed by atoms with E-state index in [1.54, 1.807) is 7.05 Å². The number of likely N-dealkylation sites (tertiary alicyclic amines) is 1. The van der Waals surface area contributed by atoms with E-state index >= 15 is 0 Å². The van der Waals surface area contributed by atoms with E-state index in [0.29, 0.717) is 25.2 Å². The summed E-state index contributed by atoms with van der Waals surface area (Å²) < 4.78 is 0. The van der Waals surface area contributed by atoms with E-state index < -0.39 is 5.91 Å². The molecule has 1 aromatic heterocycles. The van der Waals surface area contributed by atoms with E-state index in [4.69, 9.17) is 5.73 Å². The Morgan fingerprint density at radius 2 is 1.87 bits per heavy atom. The summed E-state index contributed by atoms with van der Waals surface area (Å²) in [7, 11) is 1.62. The van der Waals surface area contributed by atoms with Crippen molar-refractivity contribution in [1.29, 1.82) is 0 Å². The van der Waals surface area contributed by atoms with Crippen LogP contribution in [0, 0.1) is 0 Å². The number of anilines is 2. The number of nitrogens with zero attached hydrogens (tertiary/aromatic N) is 4. The van der Waals surface area contributed by atoms with Crippen LogP contribution in [0.5, 0.6) is 0 Å². The van der Waals surface area contributed by atoms with Crippen molar-refractivity contribution in [2.75, 3.05) is 45.1 Å². The molecule has 0 saturated carbocycles. The van der Waals surface area contributed by atoms with Crippen LogP contribution < -0.4 is 16.4 Å². The highest BCUT2D eigenvalue weighted by atomic mass is 16.2. The molecule has 1 aliphatic rings. The van der Waals surface area contributed by atoms with E-state index in [1.165, 1.54) is 17.4 Å². The van der Waals surface area contributed by atoms with Gasteiger partial charge in [-0.3, -0.25) is 19.3 Å². The first-order valence-corrected chi connectivity index (χ1v) is 13.2. The Hall–Kier alpha value is -3.79. The van der Waals surface area contributed by atoms with Gasteiger partial charge in [-0.2, -0.15) is 0 Å². The highest BCUT2D eigenvalue weighted by molar-refractivity contribution is 5.96. The molecule has 1 aliphatic heterocycles. The Morgan fingerprint density at radius 3 is 2.50 bits per heavy atom. The van der Waals surface area contributed by atoms with Crippen LogP contribution in [0.4, 0.5) is 11.5 Å². The van der Waals surface area contributed by atoms with Gasteiger partial charge < -0.3 is 21.3 Å². The maximum atomic E-state index is 12.4. The first-order chi connectivity index (χ1) is 18.2. The molecule has 4 N–H and O–H groups in total. The molecule has 204 valence electrons. The molecule has 1 aromatic carbocycles. The number of rotatable bonds is 13. The lowest BCUT2D eigenvalue weighted by Crippen LogP contribution is -2.39. The van der Waals surface area contributed by atoms with E-state index in [1.807, 2.05) is 51.1 Å². The molecule has 3 amide bonds. The fourth-order valence-corrected chi connectivity index (χ4v) is 4.12. The molecule has 38 heavy (non-hydrogen) atoms. The largest absolute Gasteiger partial charge is 0.364 e. The van der Waals surface area contributed by atoms with Crippen LogP contribution >= 0.6 is 0 Å². The van der Waals surface area contributed by atoms with E-state index in [9.17, 15) is 14.4 Å². The highest BCUT2D eigenvalue weighted by Crippen LogP contribution is 2.24. The summed E-state index contributed by atoms with van der Waals surface area (Å²) >= 11 is 0. The number of hydrogen-bond acceptors (Lipinski definition) is 7. The molecule has 2 heterocycles. The van der Waals surface area contributed by atoms with Gasteiger partial charge in [-0.1, -0.05) is 39.0 Å². The number of aromatic nitrogens is 2. The Balaban J connectivity index is 1.57. The topological polar surface area (TPSA) is 134 Å². The van der Waals surface area contributed by atoms with Crippen LogP contribution in [0.3, 0.4) is 0 Å². The van der Waals surface area contributed by atoms with Gasteiger partial charge in [0.15, 0.2) is 11.5 Å². The van der Waals surface area contributed by atoms with Gasteiger partial charge in [-0.05, 0) is 56.0 Å². The van der Waals surface area contributed by atoms with Crippen molar-refractivity contribution >= 4 is 29.2 Å². The summed E-state index contributed by atoms with van der Waals surface area (Å²) in [6.45, 7) is 9.27. The quantitative estimate of drug-likeness (QED) is 0.345. The average molecular weight is 522 g/mol. The van der Waals surface area contributed by atoms with Crippen LogP contribution in [0.2, 0.25) is 0 Å². The van der Waals surface area contributed by atoms with Crippen molar-refractivity contribution in [2.24, 2.45) is 5.73 Å². The molecule has 1 atom stereocenters. The van der Waals surface area contributed by atoms with Gasteiger partial charge >= 0.3 is 0 Å². The number of hydrogen-bond donors (Lipinski definition) is 3. The lowest BCUT2D eigenvalue weighted by Gasteiger charge is -2.29. The third kappa shape index (κ3) is 7.85. The second-order valence-electron chi connectivity index (χ2n) is 9.59. The Bertz CT molecular complexity index is 1180. The van der Waals surface area contributed by atoms with E-state index in [-0.39, 0.29) is 30.0 Å². The minimum absolute atomic E-state index is 0.00787. The summed E-state index contributed by atoms with van der Waals surface area (Å²) in [6.07, 6.45) is 5.93. The third-order valence-electron chi connectivity index (χ3n) is 6.61. The molecule has 1 fully saturated rings. The smallest absolute Gasteiger partial charge is 0.271 e. The zero-order chi connectivity index (χ0) is 27.7. The SMILES string of the molecule is CCc1nc(Nc2cccc(C(C)CNC(=O)CN(C)C(=O)C=CCN3CCC3)c2)c(C(N)=O)nc1CC. The second-order valence-corrected chi connectivity index (χ2v) is 9.59. The molecule has 1 saturated heterocycles. The zero-order valence-electron chi connectivity index (χ0n) is 22.8. The number of carbonyl (C=O) groups excluding carboxylic acids is 3. The predicted molar refractivity (Wildman–Crippen MR) is 148 cm³/mol. The maximum absolute atomic E-state index is 12.4. The number of carbonyl (C=O) groups is 3. The maximum Gasteiger partial charge on any atom is 0.271 e. The number of nitrogens with one attached hydrogen (secondary N) is 2. The Labute approximate surface area is 224 Å². The highest BCUT2D eigenvalue weighted by Gasteiger charge is 2.18.